The highest BCUT2D eigenvalue weighted by Gasteiger charge is 2.11. The SMILES string of the molecule is CCC(C)CC(=O)O.CCC(C)CCCCCCCCCCCC(Br)C(=O)O.O=[PH](O)O. The predicted molar refractivity (Wildman–Crippen MR) is 136 cm³/mol. The van der Waals surface area contributed by atoms with Crippen molar-refractivity contribution >= 4 is 36.1 Å². The third kappa shape index (κ3) is 36.9. The van der Waals surface area contributed by atoms with E-state index in [1.165, 1.54) is 64.2 Å². The van der Waals surface area contributed by atoms with Crippen molar-refractivity contribution < 1.29 is 34.2 Å². The Labute approximate surface area is 204 Å². The van der Waals surface area contributed by atoms with Crippen LogP contribution in [0.4, 0.5) is 0 Å². The van der Waals surface area contributed by atoms with Crippen LogP contribution in [-0.4, -0.2) is 36.8 Å². The number of rotatable bonds is 17. The largest absolute Gasteiger partial charge is 0.481 e. The van der Waals surface area contributed by atoms with Crippen LogP contribution in [0, 0.1) is 11.8 Å². The summed E-state index contributed by atoms with van der Waals surface area (Å²) in [5, 5.41) is 16.9. The van der Waals surface area contributed by atoms with Crippen LogP contribution >= 0.6 is 24.2 Å². The van der Waals surface area contributed by atoms with Gasteiger partial charge >= 0.3 is 20.2 Å². The molecular weight excluding hydrogens is 499 g/mol. The standard InChI is InChI=1S/C17H33BrO2.C6H12O2.H3O3P/c1-3-15(2)13-11-9-7-5-4-6-8-10-12-14-16(18)17(19)20;1-3-5(2)4-6(7)8;1-4(2)3/h15-16H,3-14H2,1-2H3,(H,19,20);5H,3-4H2,1-2H3,(H,7,8);4H,(H2,1,2,3). The Morgan fingerprint density at radius 3 is 1.38 bits per heavy atom. The number of carbonyl (C=O) groups is 2. The van der Waals surface area contributed by atoms with Crippen molar-refractivity contribution in [2.24, 2.45) is 11.8 Å². The second-order valence-electron chi connectivity index (χ2n) is 8.47. The maximum atomic E-state index is 10.6. The lowest BCUT2D eigenvalue weighted by Gasteiger charge is -2.07. The van der Waals surface area contributed by atoms with Gasteiger partial charge in [0.15, 0.2) is 0 Å². The Hall–Kier alpha value is -0.430. The second-order valence-corrected chi connectivity index (χ2v) is 10.1. The number of aliphatic carboxylic acids is 2. The van der Waals surface area contributed by atoms with Gasteiger partial charge in [-0.25, -0.2) is 0 Å². The molecule has 0 aromatic heterocycles. The molecule has 3 unspecified atom stereocenters. The Morgan fingerprint density at radius 2 is 1.09 bits per heavy atom. The van der Waals surface area contributed by atoms with Crippen molar-refractivity contribution in [3.8, 4) is 0 Å². The molecule has 0 fully saturated rings. The van der Waals surface area contributed by atoms with Gasteiger partial charge in [0.25, 0.3) is 0 Å². The van der Waals surface area contributed by atoms with Crippen molar-refractivity contribution in [3.63, 3.8) is 0 Å². The average molecular weight is 548 g/mol. The van der Waals surface area contributed by atoms with E-state index in [-0.39, 0.29) is 4.83 Å². The van der Waals surface area contributed by atoms with Crippen molar-refractivity contribution in [2.45, 2.75) is 122 Å². The molecule has 0 amide bonds. The highest BCUT2D eigenvalue weighted by molar-refractivity contribution is 9.10. The molecule has 7 nitrogen and oxygen atoms in total. The highest BCUT2D eigenvalue weighted by atomic mass is 79.9. The number of carboxylic acids is 2. The number of carboxylic acid groups (broad SMARTS) is 2. The van der Waals surface area contributed by atoms with E-state index in [0.29, 0.717) is 12.3 Å². The molecule has 0 aromatic carbocycles. The first-order valence-corrected chi connectivity index (χ1v) is 14.2. The lowest BCUT2D eigenvalue weighted by molar-refractivity contribution is -0.138. The van der Waals surface area contributed by atoms with Crippen LogP contribution in [0.15, 0.2) is 0 Å². The van der Waals surface area contributed by atoms with E-state index >= 15 is 0 Å². The van der Waals surface area contributed by atoms with Crippen LogP contribution in [0.25, 0.3) is 0 Å². The molecule has 0 radical (unpaired) electrons. The molecule has 0 aliphatic heterocycles. The molecule has 32 heavy (non-hydrogen) atoms. The molecule has 0 rings (SSSR count). The third-order valence-corrected chi connectivity index (χ3v) is 6.19. The van der Waals surface area contributed by atoms with Crippen molar-refractivity contribution in [1.82, 2.24) is 0 Å². The smallest absolute Gasteiger partial charge is 0.317 e. The molecule has 0 aliphatic carbocycles. The van der Waals surface area contributed by atoms with Gasteiger partial charge in [-0.3, -0.25) is 14.2 Å². The molecule has 194 valence electrons. The van der Waals surface area contributed by atoms with Crippen molar-refractivity contribution in [2.75, 3.05) is 0 Å². The molecule has 0 saturated heterocycles. The number of halogens is 1. The monoisotopic (exact) mass is 546 g/mol. The van der Waals surface area contributed by atoms with Gasteiger partial charge in [0, 0.05) is 6.42 Å². The number of hydrogen-bond donors (Lipinski definition) is 4. The normalized spacial score (nSPS) is 13.2. The lowest BCUT2D eigenvalue weighted by atomic mass is 9.99. The van der Waals surface area contributed by atoms with Gasteiger partial charge in [-0.1, -0.05) is 121 Å². The number of hydrogen-bond acceptors (Lipinski definition) is 3. The molecule has 0 heterocycles. The Kier molecular flexibility index (Phi) is 30.3. The van der Waals surface area contributed by atoms with Gasteiger partial charge in [0.05, 0.1) is 0 Å². The summed E-state index contributed by atoms with van der Waals surface area (Å²) >= 11 is 3.18. The topological polar surface area (TPSA) is 132 Å². The molecule has 3 atom stereocenters. The van der Waals surface area contributed by atoms with E-state index < -0.39 is 20.2 Å². The van der Waals surface area contributed by atoms with E-state index in [0.717, 1.165) is 25.2 Å². The molecule has 0 saturated carbocycles. The minimum absolute atomic E-state index is 0.302. The van der Waals surface area contributed by atoms with Gasteiger partial charge in [-0.2, -0.15) is 0 Å². The van der Waals surface area contributed by atoms with Crippen molar-refractivity contribution in [1.29, 1.82) is 0 Å². The highest BCUT2D eigenvalue weighted by Crippen LogP contribution is 2.16. The molecule has 9 heteroatoms. The van der Waals surface area contributed by atoms with E-state index in [4.69, 9.17) is 24.6 Å². The van der Waals surface area contributed by atoms with Crippen LogP contribution in [0.5, 0.6) is 0 Å². The molecule has 0 aliphatic rings. The van der Waals surface area contributed by atoms with Crippen LogP contribution in [0.3, 0.4) is 0 Å². The fraction of sp³-hybridized carbons (Fsp3) is 0.913. The molecule has 4 N–H and O–H groups in total. The third-order valence-electron chi connectivity index (χ3n) is 5.34. The maximum absolute atomic E-state index is 10.6. The lowest BCUT2D eigenvalue weighted by Crippen LogP contribution is -2.11. The van der Waals surface area contributed by atoms with Crippen molar-refractivity contribution in [3.05, 3.63) is 0 Å². The van der Waals surface area contributed by atoms with Gasteiger partial charge < -0.3 is 20.0 Å². The van der Waals surface area contributed by atoms with E-state index in [9.17, 15) is 9.59 Å². The van der Waals surface area contributed by atoms with Crippen LogP contribution < -0.4 is 0 Å². The first-order chi connectivity index (χ1) is 15.0. The Bertz CT molecular complexity index is 460. The zero-order valence-corrected chi connectivity index (χ0v) is 23.1. The van der Waals surface area contributed by atoms with Crippen LogP contribution in [0.1, 0.15) is 118 Å². The van der Waals surface area contributed by atoms with E-state index in [1.54, 1.807) is 0 Å². The fourth-order valence-corrected chi connectivity index (χ4v) is 3.15. The Balaban J connectivity index is -0.000000575. The zero-order chi connectivity index (χ0) is 25.4. The maximum Gasteiger partial charge on any atom is 0.317 e. The average Bonchev–Trinajstić information content (AvgIpc) is 2.70. The first-order valence-electron chi connectivity index (χ1n) is 12.0. The minimum Gasteiger partial charge on any atom is -0.481 e. The summed E-state index contributed by atoms with van der Waals surface area (Å²) in [4.78, 5) is 34.5. The minimum atomic E-state index is -3.13. The number of unbranched alkanes of at least 4 members (excludes halogenated alkanes) is 8. The summed E-state index contributed by atoms with van der Waals surface area (Å²) < 4.78 is 8.74. The summed E-state index contributed by atoms with van der Waals surface area (Å²) in [7, 11) is -3.13. The number of alkyl halides is 1. The summed E-state index contributed by atoms with van der Waals surface area (Å²) in [5.74, 6) is -0.201. The van der Waals surface area contributed by atoms with Crippen LogP contribution in [0.2, 0.25) is 0 Å². The molecule has 0 bridgehead atoms. The predicted octanol–water partition coefficient (Wildman–Crippen LogP) is 7.04. The summed E-state index contributed by atoms with van der Waals surface area (Å²) in [5.41, 5.74) is 0. The van der Waals surface area contributed by atoms with Gasteiger partial charge in [0.2, 0.25) is 0 Å². The fourth-order valence-electron chi connectivity index (χ4n) is 2.82. The molecular formula is C23H48BrO7P. The molecule has 0 spiro atoms. The van der Waals surface area contributed by atoms with E-state index in [2.05, 4.69) is 29.8 Å². The second kappa shape index (κ2) is 26.8. The van der Waals surface area contributed by atoms with Crippen LogP contribution in [-0.2, 0) is 14.2 Å². The summed E-state index contributed by atoms with van der Waals surface area (Å²) in [6.45, 7) is 8.56. The van der Waals surface area contributed by atoms with Gasteiger partial charge in [0.1, 0.15) is 4.83 Å². The first kappa shape index (κ1) is 36.1. The van der Waals surface area contributed by atoms with Gasteiger partial charge in [-0.15, -0.1) is 0 Å². The zero-order valence-electron chi connectivity index (χ0n) is 20.5. The summed E-state index contributed by atoms with van der Waals surface area (Å²) in [6, 6.07) is 0. The van der Waals surface area contributed by atoms with E-state index in [1.807, 2.05) is 13.8 Å². The quantitative estimate of drug-likeness (QED) is 0.0872. The Morgan fingerprint density at radius 1 is 0.750 bits per heavy atom. The van der Waals surface area contributed by atoms with Gasteiger partial charge in [-0.05, 0) is 18.3 Å². The summed E-state index contributed by atoms with van der Waals surface area (Å²) in [6.07, 6.45) is 16.4. The molecule has 0 aromatic rings.